The van der Waals surface area contributed by atoms with Crippen LogP contribution in [0.3, 0.4) is 0 Å². The summed E-state index contributed by atoms with van der Waals surface area (Å²) in [4.78, 5) is 0. The van der Waals surface area contributed by atoms with E-state index in [0.29, 0.717) is 0 Å². The van der Waals surface area contributed by atoms with Crippen molar-refractivity contribution in [1.29, 1.82) is 0 Å². The molecule has 0 fully saturated rings. The molecule has 2 rings (SSSR count). The summed E-state index contributed by atoms with van der Waals surface area (Å²) in [6.07, 6.45) is 6.55. The molecule has 1 unspecified atom stereocenters. The second-order valence-corrected chi connectivity index (χ2v) is 20.2. The molecule has 0 saturated carbocycles. The van der Waals surface area contributed by atoms with Crippen LogP contribution in [0.1, 0.15) is 40.9 Å². The molecule has 0 radical (unpaired) electrons. The molecule has 0 nitrogen and oxygen atoms in total. The van der Waals surface area contributed by atoms with Gasteiger partial charge in [-0.1, -0.05) is 0 Å². The molecule has 0 amide bonds. The van der Waals surface area contributed by atoms with Crippen LogP contribution in [0.25, 0.3) is 6.08 Å². The topological polar surface area (TPSA) is 0 Å². The number of fused-ring (bicyclic) bond motifs is 1. The summed E-state index contributed by atoms with van der Waals surface area (Å²) in [5.41, 5.74) is 4.98. The summed E-state index contributed by atoms with van der Waals surface area (Å²) >= 11 is -0.188. The van der Waals surface area contributed by atoms with Crippen LogP contribution in [0, 0.1) is 0 Å². The second-order valence-electron chi connectivity index (χ2n) is 5.21. The first kappa shape index (κ1) is 20.0. The summed E-state index contributed by atoms with van der Waals surface area (Å²) in [7, 11) is 0. The van der Waals surface area contributed by atoms with Gasteiger partial charge in [0.1, 0.15) is 0 Å². The van der Waals surface area contributed by atoms with Crippen molar-refractivity contribution in [2.75, 3.05) is 0 Å². The molecule has 0 spiro atoms. The Balaban J connectivity index is 0.00000162. The van der Waals surface area contributed by atoms with Gasteiger partial charge in [-0.15, -0.1) is 0 Å². The zero-order chi connectivity index (χ0) is 12.3. The predicted octanol–water partition coefficient (Wildman–Crippen LogP) is -1.61. The molecule has 0 heterocycles. The van der Waals surface area contributed by atoms with Crippen molar-refractivity contribution in [1.82, 2.24) is 0 Å². The Morgan fingerprint density at radius 1 is 1.16 bits per heavy atom. The summed E-state index contributed by atoms with van der Waals surface area (Å²) < 4.78 is 0.924. The van der Waals surface area contributed by atoms with Gasteiger partial charge in [-0.05, 0) is 0 Å². The van der Waals surface area contributed by atoms with Gasteiger partial charge in [-0.25, -0.2) is 0 Å². The molecular weight excluding hydrogens is 459 g/mol. The minimum Gasteiger partial charge on any atom is -1.00 e. The number of halogens is 2. The van der Waals surface area contributed by atoms with Crippen molar-refractivity contribution >= 4 is 12.0 Å². The van der Waals surface area contributed by atoms with Crippen LogP contribution in [-0.2, 0) is 22.4 Å². The van der Waals surface area contributed by atoms with Crippen molar-refractivity contribution in [3.05, 3.63) is 41.0 Å². The Morgan fingerprint density at radius 3 is 2.47 bits per heavy atom. The average molecular weight is 481 g/mol. The van der Waals surface area contributed by atoms with E-state index in [1.165, 1.54) is 24.8 Å². The summed E-state index contributed by atoms with van der Waals surface area (Å²) in [6.45, 7) is 7.39. The molecule has 0 N–H and O–H groups in total. The normalized spacial score (nSPS) is 16.0. The van der Waals surface area contributed by atoms with Crippen LogP contribution in [0.15, 0.2) is 29.8 Å². The van der Waals surface area contributed by atoms with Crippen molar-refractivity contribution < 1.29 is 56.4 Å². The Morgan fingerprint density at radius 2 is 1.84 bits per heavy atom. The van der Waals surface area contributed by atoms with Gasteiger partial charge in [0.05, 0.1) is 0 Å². The molecule has 0 bridgehead atoms. The molecule has 0 aliphatic heterocycles. The minimum atomic E-state index is -0.326. The Hall–Kier alpha value is 1.02. The monoisotopic (exact) mass is 478 g/mol. The zero-order valence-corrected chi connectivity index (χ0v) is 18.7. The number of hydrogen-bond donors (Lipinski definition) is 0. The van der Waals surface area contributed by atoms with Crippen LogP contribution >= 0.6 is 0 Å². The SMILES string of the molecule is CCCCC1=Cc2ccccc2[CH]1[Zr+2][SiH](C)C.[Br-].[Br-]. The first-order chi connectivity index (χ1) is 8.22. The van der Waals surface area contributed by atoms with Gasteiger partial charge >= 0.3 is 118 Å². The van der Waals surface area contributed by atoms with Crippen LogP contribution < -0.4 is 34.0 Å². The van der Waals surface area contributed by atoms with E-state index in [1.54, 1.807) is 11.1 Å². The Kier molecular flexibility index (Phi) is 10.4. The van der Waals surface area contributed by atoms with E-state index < -0.39 is 0 Å². The molecule has 1 aliphatic rings. The minimum absolute atomic E-state index is 0. The van der Waals surface area contributed by atoms with E-state index in [4.69, 9.17) is 0 Å². The van der Waals surface area contributed by atoms with E-state index >= 15 is 0 Å². The smallest absolute Gasteiger partial charge is 1.00 e. The molecular formula is C15H22Br2SiZr. The van der Waals surface area contributed by atoms with Gasteiger partial charge in [-0.3, -0.25) is 0 Å². The molecule has 1 aromatic rings. The van der Waals surface area contributed by atoms with Gasteiger partial charge in [0.25, 0.3) is 0 Å². The quantitative estimate of drug-likeness (QED) is 0.445. The third-order valence-electron chi connectivity index (χ3n) is 3.34. The van der Waals surface area contributed by atoms with E-state index in [2.05, 4.69) is 50.4 Å². The van der Waals surface area contributed by atoms with Gasteiger partial charge in [0, 0.05) is 0 Å². The van der Waals surface area contributed by atoms with E-state index in [1.807, 2.05) is 0 Å². The third-order valence-corrected chi connectivity index (χ3v) is 13.4. The number of rotatable bonds is 5. The molecule has 0 aromatic heterocycles. The number of allylic oxidation sites excluding steroid dienone is 1. The molecule has 4 heteroatoms. The Labute approximate surface area is 151 Å². The van der Waals surface area contributed by atoms with Gasteiger partial charge in [0.15, 0.2) is 0 Å². The summed E-state index contributed by atoms with van der Waals surface area (Å²) in [5.74, 6) is -0.326. The first-order valence-corrected chi connectivity index (χ1v) is 15.3. The summed E-state index contributed by atoms with van der Waals surface area (Å²) in [5, 5.41) is 0. The van der Waals surface area contributed by atoms with E-state index in [-0.39, 0.29) is 62.3 Å². The second kappa shape index (κ2) is 9.87. The average Bonchev–Trinajstić information content (AvgIpc) is 2.64. The molecule has 1 aliphatic carbocycles. The maximum atomic E-state index is 2.55. The van der Waals surface area contributed by atoms with E-state index in [0.717, 1.165) is 3.63 Å². The van der Waals surface area contributed by atoms with Crippen LogP contribution in [0.2, 0.25) is 13.1 Å². The molecule has 1 atom stereocenters. The number of unbranched alkanes of at least 4 members (excludes halogenated alkanes) is 1. The van der Waals surface area contributed by atoms with E-state index in [9.17, 15) is 0 Å². The predicted molar refractivity (Wildman–Crippen MR) is 75.6 cm³/mol. The molecule has 19 heavy (non-hydrogen) atoms. The van der Waals surface area contributed by atoms with Crippen molar-refractivity contribution in [3.63, 3.8) is 0 Å². The maximum absolute atomic E-state index is 2.55. The standard InChI is InChI=1S/C13H15.C2H7Si.2BrH.Zr/c1-2-3-6-11-9-12-7-4-5-8-13(12)10-11;1-3-2;;;/h4-5,7-10H,2-3,6H2,1H3;3H,1-2H3;2*1H;/q;;;;+2/p-2. The van der Waals surface area contributed by atoms with Crippen LogP contribution in [0.4, 0.5) is 0 Å². The zero-order valence-electron chi connectivity index (χ0n) is 11.9. The van der Waals surface area contributed by atoms with Gasteiger partial charge in [-0.2, -0.15) is 0 Å². The fourth-order valence-electron chi connectivity index (χ4n) is 2.52. The van der Waals surface area contributed by atoms with Crippen molar-refractivity contribution in [2.24, 2.45) is 0 Å². The fourth-order valence-corrected chi connectivity index (χ4v) is 12.6. The summed E-state index contributed by atoms with van der Waals surface area (Å²) in [6, 6.07) is 9.10. The first-order valence-electron chi connectivity index (χ1n) is 6.77. The Bertz CT molecular complexity index is 418. The van der Waals surface area contributed by atoms with Crippen LogP contribution in [0.5, 0.6) is 0 Å². The maximum Gasteiger partial charge on any atom is -1.00 e. The van der Waals surface area contributed by atoms with Crippen molar-refractivity contribution in [2.45, 2.75) is 42.9 Å². The fraction of sp³-hybridized carbons (Fsp3) is 0.467. The number of hydrogen-bond acceptors (Lipinski definition) is 0. The largest absolute Gasteiger partial charge is 1.00 e. The van der Waals surface area contributed by atoms with Crippen molar-refractivity contribution in [3.8, 4) is 0 Å². The van der Waals surface area contributed by atoms with Gasteiger partial charge < -0.3 is 34.0 Å². The number of benzene rings is 1. The third kappa shape index (κ3) is 5.37. The van der Waals surface area contributed by atoms with Crippen LogP contribution in [-0.4, -0.2) is 5.92 Å². The molecule has 0 saturated heterocycles. The molecule has 1 aromatic carbocycles. The molecule has 104 valence electrons. The van der Waals surface area contributed by atoms with Gasteiger partial charge in [0.2, 0.25) is 0 Å².